The van der Waals surface area contributed by atoms with Gasteiger partial charge in [-0.3, -0.25) is 9.88 Å². The van der Waals surface area contributed by atoms with Crippen molar-refractivity contribution in [3.63, 3.8) is 0 Å². The van der Waals surface area contributed by atoms with Gasteiger partial charge in [0.15, 0.2) is 0 Å². The summed E-state index contributed by atoms with van der Waals surface area (Å²) in [6.07, 6.45) is -3.15. The first-order valence-corrected chi connectivity index (χ1v) is 6.40. The van der Waals surface area contributed by atoms with Gasteiger partial charge in [-0.05, 0) is 26.0 Å². The Bertz CT molecular complexity index is 423. The number of alkyl halides is 3. The summed E-state index contributed by atoms with van der Waals surface area (Å²) < 4.78 is 37.8. The van der Waals surface area contributed by atoms with Crippen LogP contribution in [0.25, 0.3) is 0 Å². The zero-order valence-corrected chi connectivity index (χ0v) is 11.1. The Morgan fingerprint density at radius 1 is 1.16 bits per heavy atom. The van der Waals surface area contributed by atoms with Crippen LogP contribution in [0, 0.1) is 0 Å². The van der Waals surface area contributed by atoms with Crippen molar-refractivity contribution in [3.05, 3.63) is 24.0 Å². The quantitative estimate of drug-likeness (QED) is 0.825. The number of aromatic nitrogens is 1. The monoisotopic (exact) mass is 273 g/mol. The molecule has 1 aliphatic rings. The maximum Gasteiger partial charge on any atom is 0.433 e. The van der Waals surface area contributed by atoms with E-state index in [1.807, 2.05) is 4.90 Å². The SMILES string of the molecule is CC(C)N1CCN(c2ccnc(C(F)(F)F)c2)CC1. The number of piperazine rings is 1. The molecule has 0 unspecified atom stereocenters. The second-order valence-corrected chi connectivity index (χ2v) is 5.01. The fraction of sp³-hybridized carbons (Fsp3) is 0.615. The summed E-state index contributed by atoms with van der Waals surface area (Å²) in [6, 6.07) is 3.25. The fourth-order valence-corrected chi connectivity index (χ4v) is 2.27. The van der Waals surface area contributed by atoms with E-state index in [9.17, 15) is 13.2 Å². The van der Waals surface area contributed by atoms with Crippen LogP contribution in [-0.4, -0.2) is 42.1 Å². The second-order valence-electron chi connectivity index (χ2n) is 5.01. The smallest absolute Gasteiger partial charge is 0.369 e. The predicted molar refractivity (Wildman–Crippen MR) is 68.2 cm³/mol. The van der Waals surface area contributed by atoms with E-state index in [4.69, 9.17) is 0 Å². The summed E-state index contributed by atoms with van der Waals surface area (Å²) in [5.74, 6) is 0. The number of halogens is 3. The van der Waals surface area contributed by atoms with Crippen LogP contribution in [-0.2, 0) is 6.18 Å². The number of anilines is 1. The fourth-order valence-electron chi connectivity index (χ4n) is 2.27. The van der Waals surface area contributed by atoms with Crippen molar-refractivity contribution in [2.75, 3.05) is 31.1 Å². The first-order valence-electron chi connectivity index (χ1n) is 6.40. The van der Waals surface area contributed by atoms with Gasteiger partial charge in [-0.15, -0.1) is 0 Å². The number of hydrogen-bond acceptors (Lipinski definition) is 3. The molecule has 1 aliphatic heterocycles. The molecule has 19 heavy (non-hydrogen) atoms. The van der Waals surface area contributed by atoms with Crippen molar-refractivity contribution >= 4 is 5.69 Å². The lowest BCUT2D eigenvalue weighted by atomic mass is 10.2. The zero-order chi connectivity index (χ0) is 14.0. The summed E-state index contributed by atoms with van der Waals surface area (Å²) in [6.45, 7) is 7.51. The molecule has 1 saturated heterocycles. The molecule has 1 fully saturated rings. The van der Waals surface area contributed by atoms with Gasteiger partial charge in [0.2, 0.25) is 0 Å². The molecule has 0 bridgehead atoms. The highest BCUT2D eigenvalue weighted by atomic mass is 19.4. The average Bonchev–Trinajstić information content (AvgIpc) is 2.38. The number of rotatable bonds is 2. The van der Waals surface area contributed by atoms with Crippen LogP contribution >= 0.6 is 0 Å². The van der Waals surface area contributed by atoms with E-state index in [2.05, 4.69) is 23.7 Å². The Morgan fingerprint density at radius 3 is 2.32 bits per heavy atom. The Hall–Kier alpha value is -1.30. The molecule has 3 nitrogen and oxygen atoms in total. The third kappa shape index (κ3) is 3.37. The summed E-state index contributed by atoms with van der Waals surface area (Å²) >= 11 is 0. The first kappa shape index (κ1) is 14.1. The number of hydrogen-bond donors (Lipinski definition) is 0. The molecule has 0 saturated carbocycles. The molecule has 1 aromatic rings. The van der Waals surface area contributed by atoms with Gasteiger partial charge in [0.1, 0.15) is 5.69 Å². The molecule has 1 aromatic heterocycles. The molecule has 106 valence electrons. The Morgan fingerprint density at radius 2 is 1.79 bits per heavy atom. The molecule has 0 N–H and O–H groups in total. The van der Waals surface area contributed by atoms with Crippen molar-refractivity contribution < 1.29 is 13.2 Å². The average molecular weight is 273 g/mol. The molecule has 2 heterocycles. The summed E-state index contributed by atoms with van der Waals surface area (Å²) in [5, 5.41) is 0. The molecule has 0 amide bonds. The van der Waals surface area contributed by atoms with Gasteiger partial charge < -0.3 is 4.90 Å². The summed E-state index contributed by atoms with van der Waals surface area (Å²) in [7, 11) is 0. The van der Waals surface area contributed by atoms with Crippen LogP contribution in [0.4, 0.5) is 18.9 Å². The van der Waals surface area contributed by atoms with Gasteiger partial charge in [-0.1, -0.05) is 0 Å². The molecule has 0 atom stereocenters. The summed E-state index contributed by atoms with van der Waals surface area (Å²) in [4.78, 5) is 7.69. The Kier molecular flexibility index (Phi) is 3.99. The number of nitrogens with zero attached hydrogens (tertiary/aromatic N) is 3. The van der Waals surface area contributed by atoms with Gasteiger partial charge in [-0.25, -0.2) is 0 Å². The summed E-state index contributed by atoms with van der Waals surface area (Å²) in [5.41, 5.74) is -0.220. The van der Waals surface area contributed by atoms with Crippen molar-refractivity contribution in [1.29, 1.82) is 0 Å². The third-order valence-corrected chi connectivity index (χ3v) is 3.44. The highest BCUT2D eigenvalue weighted by molar-refractivity contribution is 5.47. The molecule has 0 aromatic carbocycles. The van der Waals surface area contributed by atoms with Crippen molar-refractivity contribution in [2.45, 2.75) is 26.1 Å². The highest BCUT2D eigenvalue weighted by Crippen LogP contribution is 2.30. The van der Waals surface area contributed by atoms with Crippen LogP contribution < -0.4 is 4.90 Å². The Balaban J connectivity index is 2.08. The van der Waals surface area contributed by atoms with Crippen molar-refractivity contribution in [3.8, 4) is 0 Å². The van der Waals surface area contributed by atoms with Crippen LogP contribution in [0.2, 0.25) is 0 Å². The largest absolute Gasteiger partial charge is 0.433 e. The predicted octanol–water partition coefficient (Wildman–Crippen LogP) is 2.63. The van der Waals surface area contributed by atoms with E-state index in [-0.39, 0.29) is 0 Å². The van der Waals surface area contributed by atoms with Gasteiger partial charge in [0.05, 0.1) is 0 Å². The van der Waals surface area contributed by atoms with Gasteiger partial charge in [0, 0.05) is 44.1 Å². The maximum atomic E-state index is 12.6. The van der Waals surface area contributed by atoms with Crippen molar-refractivity contribution in [1.82, 2.24) is 9.88 Å². The third-order valence-electron chi connectivity index (χ3n) is 3.44. The van der Waals surface area contributed by atoms with E-state index in [1.54, 1.807) is 6.07 Å². The normalized spacial score (nSPS) is 18.1. The van der Waals surface area contributed by atoms with Crippen LogP contribution in [0.3, 0.4) is 0 Å². The molecule has 6 heteroatoms. The van der Waals surface area contributed by atoms with Gasteiger partial charge in [0.25, 0.3) is 0 Å². The molecule has 0 aliphatic carbocycles. The minimum atomic E-state index is -4.38. The lowest BCUT2D eigenvalue weighted by Crippen LogP contribution is -2.48. The van der Waals surface area contributed by atoms with Gasteiger partial charge >= 0.3 is 6.18 Å². The zero-order valence-electron chi connectivity index (χ0n) is 11.1. The molecular weight excluding hydrogens is 255 g/mol. The standard InChI is InChI=1S/C13H18F3N3/c1-10(2)18-5-7-19(8-6-18)11-3-4-17-12(9-11)13(14,15)16/h3-4,9-10H,5-8H2,1-2H3. The molecule has 2 rings (SSSR count). The molecule has 0 radical (unpaired) electrons. The van der Waals surface area contributed by atoms with Gasteiger partial charge in [-0.2, -0.15) is 13.2 Å². The van der Waals surface area contributed by atoms with E-state index < -0.39 is 11.9 Å². The minimum Gasteiger partial charge on any atom is -0.369 e. The van der Waals surface area contributed by atoms with Crippen LogP contribution in [0.15, 0.2) is 18.3 Å². The highest BCUT2D eigenvalue weighted by Gasteiger charge is 2.33. The topological polar surface area (TPSA) is 19.4 Å². The first-order chi connectivity index (χ1) is 8.88. The number of pyridine rings is 1. The molecule has 0 spiro atoms. The maximum absolute atomic E-state index is 12.6. The van der Waals surface area contributed by atoms with E-state index >= 15 is 0 Å². The van der Waals surface area contributed by atoms with E-state index in [0.717, 1.165) is 32.2 Å². The lowest BCUT2D eigenvalue weighted by Gasteiger charge is -2.38. The van der Waals surface area contributed by atoms with E-state index in [1.165, 1.54) is 6.20 Å². The minimum absolute atomic E-state index is 0.477. The van der Waals surface area contributed by atoms with Crippen LogP contribution in [0.1, 0.15) is 19.5 Å². The van der Waals surface area contributed by atoms with Crippen LogP contribution in [0.5, 0.6) is 0 Å². The Labute approximate surface area is 111 Å². The van der Waals surface area contributed by atoms with E-state index in [0.29, 0.717) is 11.7 Å². The lowest BCUT2D eigenvalue weighted by molar-refractivity contribution is -0.141. The molecular formula is C13H18F3N3. The second kappa shape index (κ2) is 5.36. The van der Waals surface area contributed by atoms with Crippen molar-refractivity contribution in [2.24, 2.45) is 0 Å².